The molecule has 1 N–H and O–H groups in total. The Hall–Kier alpha value is -4.74. The van der Waals surface area contributed by atoms with Crippen molar-refractivity contribution in [3.63, 3.8) is 0 Å². The summed E-state index contributed by atoms with van der Waals surface area (Å²) in [5, 5.41) is 16.8. The zero-order valence-electron chi connectivity index (χ0n) is 31.3. The van der Waals surface area contributed by atoms with Gasteiger partial charge in [0.1, 0.15) is 11.5 Å². The number of aromatic hydroxyl groups is 1. The Balaban J connectivity index is 1.12. The number of halogens is 1. The van der Waals surface area contributed by atoms with Crippen LogP contribution in [0.4, 0.5) is 5.82 Å². The number of likely N-dealkylation sites (tertiary alicyclic amines) is 1. The van der Waals surface area contributed by atoms with Gasteiger partial charge < -0.3 is 9.84 Å². The van der Waals surface area contributed by atoms with Gasteiger partial charge in [0, 0.05) is 34.8 Å². The van der Waals surface area contributed by atoms with Gasteiger partial charge in [-0.15, -0.1) is 11.3 Å². The molecule has 0 unspecified atom stereocenters. The molecule has 9 rings (SSSR count). The quantitative estimate of drug-likeness (QED) is 0.155. The molecule has 4 fully saturated rings. The van der Waals surface area contributed by atoms with E-state index in [1.54, 1.807) is 46.2 Å². The van der Waals surface area contributed by atoms with Crippen LogP contribution in [0.5, 0.6) is 11.5 Å². The second-order valence-electron chi connectivity index (χ2n) is 16.0. The van der Waals surface area contributed by atoms with Crippen molar-refractivity contribution in [2.24, 2.45) is 42.1 Å². The molecule has 0 spiro atoms. The number of aromatic nitrogens is 2. The lowest BCUT2D eigenvalue weighted by atomic mass is 9.52. The van der Waals surface area contributed by atoms with E-state index in [2.05, 4.69) is 6.08 Å². The molecular formula is C43H43ClN4O6S. The van der Waals surface area contributed by atoms with Gasteiger partial charge in [0.15, 0.2) is 11.5 Å². The van der Waals surface area contributed by atoms with Crippen molar-refractivity contribution in [3.8, 4) is 22.1 Å². The summed E-state index contributed by atoms with van der Waals surface area (Å²) in [7, 11) is 3.23. The van der Waals surface area contributed by atoms with Crippen LogP contribution in [0.1, 0.15) is 63.0 Å². The minimum Gasteiger partial charge on any atom is -0.504 e. The van der Waals surface area contributed by atoms with E-state index in [9.17, 15) is 19.5 Å². The summed E-state index contributed by atoms with van der Waals surface area (Å²) >= 11 is 7.91. The number of ether oxygens (including phenoxy) is 1. The van der Waals surface area contributed by atoms with Crippen LogP contribution >= 0.6 is 22.9 Å². The first kappa shape index (κ1) is 35.9. The first-order valence-corrected chi connectivity index (χ1v) is 20.3. The lowest BCUT2D eigenvalue weighted by Gasteiger charge is -2.48. The number of fused-ring (bicyclic) bond motifs is 5. The maximum atomic E-state index is 15.1. The Morgan fingerprint density at radius 2 is 1.78 bits per heavy atom. The van der Waals surface area contributed by atoms with Crippen molar-refractivity contribution in [1.29, 1.82) is 0 Å². The van der Waals surface area contributed by atoms with Crippen molar-refractivity contribution in [2.75, 3.05) is 12.0 Å². The number of imide groups is 2. The maximum Gasteiger partial charge on any atom is 0.242 e. The monoisotopic (exact) mass is 778 g/mol. The molecule has 4 aromatic rings. The van der Waals surface area contributed by atoms with E-state index in [1.165, 1.54) is 12.0 Å². The number of carbonyl (C=O) groups excluding carboxylic acids is 4. The number of benzene rings is 2. The van der Waals surface area contributed by atoms with Gasteiger partial charge >= 0.3 is 0 Å². The Kier molecular flexibility index (Phi) is 8.62. The highest BCUT2D eigenvalue weighted by Gasteiger charge is 2.67. The number of allylic oxidation sites excluding steroid dienone is 3. The summed E-state index contributed by atoms with van der Waals surface area (Å²) in [6.45, 7) is 3.90. The molecule has 4 heterocycles. The third-order valence-corrected chi connectivity index (χ3v) is 14.8. The fourth-order valence-corrected chi connectivity index (χ4v) is 11.7. The van der Waals surface area contributed by atoms with Gasteiger partial charge in [-0.3, -0.25) is 28.8 Å². The molecule has 55 heavy (non-hydrogen) atoms. The second-order valence-corrected chi connectivity index (χ2v) is 17.5. The number of aryl methyl sites for hydroxylation is 2. The van der Waals surface area contributed by atoms with Gasteiger partial charge in [-0.2, -0.15) is 5.10 Å². The van der Waals surface area contributed by atoms with Crippen molar-refractivity contribution in [1.82, 2.24) is 14.7 Å². The highest BCUT2D eigenvalue weighted by Crippen LogP contribution is 2.61. The Morgan fingerprint density at radius 1 is 1.00 bits per heavy atom. The summed E-state index contributed by atoms with van der Waals surface area (Å²) in [6.07, 6.45) is 11.4. The minimum absolute atomic E-state index is 0.00904. The molecule has 0 radical (unpaired) electrons. The topological polar surface area (TPSA) is 122 Å². The summed E-state index contributed by atoms with van der Waals surface area (Å²) < 4.78 is 8.02. The zero-order valence-corrected chi connectivity index (χ0v) is 32.8. The second kappa shape index (κ2) is 13.2. The van der Waals surface area contributed by atoms with Gasteiger partial charge in [0.05, 0.1) is 35.2 Å². The first-order valence-electron chi connectivity index (χ1n) is 19.2. The van der Waals surface area contributed by atoms with Crippen molar-refractivity contribution in [3.05, 3.63) is 76.3 Å². The molecule has 284 valence electrons. The Labute approximate surface area is 328 Å². The summed E-state index contributed by atoms with van der Waals surface area (Å²) in [4.78, 5) is 62.2. The van der Waals surface area contributed by atoms with E-state index in [-0.39, 0.29) is 41.3 Å². The Morgan fingerprint density at radius 3 is 2.55 bits per heavy atom. The van der Waals surface area contributed by atoms with E-state index < -0.39 is 29.1 Å². The fourth-order valence-electron chi connectivity index (χ4n) is 10.4. The molecule has 2 aromatic carbocycles. The van der Waals surface area contributed by atoms with Crippen LogP contribution in [0.15, 0.2) is 60.2 Å². The highest BCUT2D eigenvalue weighted by molar-refractivity contribution is 7.22. The van der Waals surface area contributed by atoms with Crippen LogP contribution in [0.2, 0.25) is 5.02 Å². The lowest BCUT2D eigenvalue weighted by Crippen LogP contribution is -2.49. The molecule has 3 aliphatic carbocycles. The number of hydrogen-bond donors (Lipinski definition) is 1. The number of carbonyl (C=O) groups is 4. The molecule has 0 bridgehead atoms. The molecule has 4 amide bonds. The van der Waals surface area contributed by atoms with Crippen molar-refractivity contribution in [2.45, 2.75) is 64.8 Å². The van der Waals surface area contributed by atoms with E-state index in [0.717, 1.165) is 63.8 Å². The summed E-state index contributed by atoms with van der Waals surface area (Å²) in [6, 6.07) is 12.5. The van der Waals surface area contributed by atoms with Crippen LogP contribution in [0.3, 0.4) is 0 Å². The van der Waals surface area contributed by atoms with E-state index in [1.807, 2.05) is 50.3 Å². The average molecular weight is 779 g/mol. The predicted octanol–water partition coefficient (Wildman–Crippen LogP) is 8.09. The molecule has 2 saturated heterocycles. The molecule has 2 aliphatic heterocycles. The number of hydrogen-bond acceptors (Lipinski definition) is 8. The summed E-state index contributed by atoms with van der Waals surface area (Å²) in [5.41, 5.74) is 2.16. The lowest BCUT2D eigenvalue weighted by molar-refractivity contribution is -0.144. The van der Waals surface area contributed by atoms with Gasteiger partial charge in [-0.1, -0.05) is 60.7 Å². The van der Waals surface area contributed by atoms with E-state index in [0.29, 0.717) is 35.1 Å². The standard InChI is InChI=1S/C43H43ClN4O6S/c1-22-28-19-24(44)12-17-35(28)55-38(22)32-21-36(46(3)45-32)48-40(51)31-20-29-26(13-14-27-37(29)41(52)47(39(27)50)25-8-6-5-7-9-25)30(43(31,2)42(48)53)15-10-23-11-16-33(49)34(18-23)54-4/h10-13,15-19,21,25,27,29-31,37,49H,5-9,14,20H2,1-4H3/t27-,29+,30-,31-,37-,43-/m0/s1. The number of anilines is 1. The van der Waals surface area contributed by atoms with Crippen molar-refractivity contribution >= 4 is 68.5 Å². The van der Waals surface area contributed by atoms with Crippen LogP contribution < -0.4 is 9.64 Å². The first-order chi connectivity index (χ1) is 26.4. The fraction of sp³-hybridized carbons (Fsp3) is 0.419. The minimum atomic E-state index is -1.19. The maximum absolute atomic E-state index is 15.1. The molecule has 12 heteroatoms. The molecule has 6 atom stereocenters. The predicted molar refractivity (Wildman–Crippen MR) is 212 cm³/mol. The molecule has 10 nitrogen and oxygen atoms in total. The van der Waals surface area contributed by atoms with Crippen LogP contribution in [-0.2, 0) is 26.2 Å². The van der Waals surface area contributed by atoms with Gasteiger partial charge in [0.2, 0.25) is 23.6 Å². The van der Waals surface area contributed by atoms with Gasteiger partial charge in [-0.25, -0.2) is 4.90 Å². The molecule has 2 aromatic heterocycles. The number of phenolic OH excluding ortho intramolecular Hbond substituents is 1. The van der Waals surface area contributed by atoms with Crippen LogP contribution in [-0.4, -0.2) is 56.6 Å². The number of nitrogens with zero attached hydrogens (tertiary/aromatic N) is 4. The van der Waals surface area contributed by atoms with Crippen LogP contribution in [0.25, 0.3) is 26.7 Å². The SMILES string of the molecule is COc1cc(C=C[C@H]2C3=CC[C@@H]4C(=O)N(C5CCCCC5)C(=O)[C@@H]4[C@@H]3C[C@H]3C(=O)N(c4cc(-c5sc6ccc(Cl)cc6c5C)nn4C)C(=O)[C@@]23C)ccc1O. The summed E-state index contributed by atoms with van der Waals surface area (Å²) in [5.74, 6) is -2.89. The number of rotatable bonds is 6. The number of methoxy groups -OCH3 is 1. The Bertz CT molecular complexity index is 2370. The van der Waals surface area contributed by atoms with Gasteiger partial charge in [0.25, 0.3) is 0 Å². The largest absolute Gasteiger partial charge is 0.504 e. The van der Waals surface area contributed by atoms with Crippen molar-refractivity contribution < 1.29 is 29.0 Å². The highest BCUT2D eigenvalue weighted by atomic mass is 35.5. The van der Waals surface area contributed by atoms with Crippen LogP contribution in [0, 0.1) is 41.9 Å². The number of phenols is 1. The van der Waals surface area contributed by atoms with Gasteiger partial charge in [-0.05, 0) is 92.3 Å². The van der Waals surface area contributed by atoms with E-state index in [4.69, 9.17) is 21.4 Å². The molecule has 5 aliphatic rings. The zero-order chi connectivity index (χ0) is 38.5. The third kappa shape index (κ3) is 5.36. The third-order valence-electron chi connectivity index (χ3n) is 13.2. The van der Waals surface area contributed by atoms with E-state index >= 15 is 4.79 Å². The normalized spacial score (nSPS) is 28.3. The number of thiophene rings is 1. The molecule has 2 saturated carbocycles. The smallest absolute Gasteiger partial charge is 0.242 e. The average Bonchev–Trinajstić information content (AvgIpc) is 3.85. The molecular weight excluding hydrogens is 736 g/mol. The number of amides is 4.